The molecule has 0 saturated carbocycles. The number of anilines is 3. The highest BCUT2D eigenvalue weighted by atomic mass is 16.3. The van der Waals surface area contributed by atoms with Crippen LogP contribution in [-0.2, 0) is 0 Å². The second-order valence-electron chi connectivity index (χ2n) is 15.3. The first kappa shape index (κ1) is 33.3. The van der Waals surface area contributed by atoms with Crippen molar-refractivity contribution in [1.82, 2.24) is 4.57 Å². The summed E-state index contributed by atoms with van der Waals surface area (Å²) in [6.45, 7) is 0. The lowest BCUT2D eigenvalue weighted by atomic mass is 9.93. The molecule has 3 heteroatoms. The van der Waals surface area contributed by atoms with Crippen molar-refractivity contribution >= 4 is 82.4 Å². The quantitative estimate of drug-likeness (QED) is 0.158. The van der Waals surface area contributed by atoms with Crippen LogP contribution in [0.25, 0.3) is 93.2 Å². The molecule has 0 aliphatic rings. The molecule has 0 amide bonds. The molecule has 0 N–H and O–H groups in total. The van der Waals surface area contributed by atoms with E-state index >= 15 is 0 Å². The molecule has 0 bridgehead atoms. The van der Waals surface area contributed by atoms with E-state index in [0.29, 0.717) is 0 Å². The number of fused-ring (bicyclic) bond motifs is 9. The smallest absolute Gasteiger partial charge is 0.135 e. The summed E-state index contributed by atoms with van der Waals surface area (Å²) in [5, 5.41) is 9.76. The molecule has 0 radical (unpaired) electrons. The lowest BCUT2D eigenvalue weighted by molar-refractivity contribution is 0.669. The van der Waals surface area contributed by atoms with Gasteiger partial charge in [-0.25, -0.2) is 0 Å². The largest absolute Gasteiger partial charge is 0.456 e. The van der Waals surface area contributed by atoms with Gasteiger partial charge in [0.2, 0.25) is 0 Å². The first-order valence-corrected chi connectivity index (χ1v) is 20.2. The SMILES string of the molecule is c1ccc(-n2c3ccccc3c3ccccc32)c(-c2ccc(N(c3ccc(-c4cc5ccccc5c5ccccc45)cc3)c3ccc4oc5ccccc5c4c3)cc2)c1. The van der Waals surface area contributed by atoms with E-state index < -0.39 is 0 Å². The Labute approximate surface area is 341 Å². The van der Waals surface area contributed by atoms with Crippen LogP contribution >= 0.6 is 0 Å². The van der Waals surface area contributed by atoms with Crippen molar-refractivity contribution in [3.63, 3.8) is 0 Å². The molecule has 2 heterocycles. The molecule has 0 atom stereocenters. The van der Waals surface area contributed by atoms with Crippen LogP contribution < -0.4 is 4.90 Å². The predicted molar refractivity (Wildman–Crippen MR) is 249 cm³/mol. The van der Waals surface area contributed by atoms with Gasteiger partial charge in [0, 0.05) is 44.2 Å². The van der Waals surface area contributed by atoms with Gasteiger partial charge in [0.15, 0.2) is 0 Å². The minimum atomic E-state index is 0.880. The summed E-state index contributed by atoms with van der Waals surface area (Å²) < 4.78 is 8.68. The van der Waals surface area contributed by atoms with E-state index in [9.17, 15) is 0 Å². The average molecular weight is 753 g/mol. The van der Waals surface area contributed by atoms with Gasteiger partial charge in [-0.2, -0.15) is 0 Å². The van der Waals surface area contributed by atoms with Gasteiger partial charge in [-0.05, 0) is 111 Å². The lowest BCUT2D eigenvalue weighted by Crippen LogP contribution is -2.09. The molecule has 10 aromatic carbocycles. The fourth-order valence-electron chi connectivity index (χ4n) is 9.27. The monoisotopic (exact) mass is 752 g/mol. The van der Waals surface area contributed by atoms with E-state index in [-0.39, 0.29) is 0 Å². The Bertz CT molecular complexity index is 3500. The fraction of sp³-hybridized carbons (Fsp3) is 0. The highest BCUT2D eigenvalue weighted by Gasteiger charge is 2.19. The maximum absolute atomic E-state index is 6.27. The minimum Gasteiger partial charge on any atom is -0.456 e. The van der Waals surface area contributed by atoms with Crippen molar-refractivity contribution < 1.29 is 4.42 Å². The molecule has 0 unspecified atom stereocenters. The Morgan fingerprint density at radius 1 is 0.322 bits per heavy atom. The van der Waals surface area contributed by atoms with E-state index in [0.717, 1.165) is 50.3 Å². The Morgan fingerprint density at radius 2 is 0.831 bits per heavy atom. The summed E-state index contributed by atoms with van der Waals surface area (Å²) in [4.78, 5) is 2.35. The van der Waals surface area contributed by atoms with Gasteiger partial charge < -0.3 is 13.9 Å². The third-order valence-corrected chi connectivity index (χ3v) is 12.0. The van der Waals surface area contributed by atoms with Crippen molar-refractivity contribution in [1.29, 1.82) is 0 Å². The summed E-state index contributed by atoms with van der Waals surface area (Å²) >= 11 is 0. The molecule has 0 fully saturated rings. The van der Waals surface area contributed by atoms with Gasteiger partial charge in [-0.15, -0.1) is 0 Å². The van der Waals surface area contributed by atoms with Crippen LogP contribution in [0.4, 0.5) is 17.1 Å². The molecule has 0 spiro atoms. The topological polar surface area (TPSA) is 21.3 Å². The molecule has 276 valence electrons. The van der Waals surface area contributed by atoms with Crippen LogP contribution in [0.1, 0.15) is 0 Å². The molecule has 0 aliphatic carbocycles. The Hall–Kier alpha value is -7.88. The van der Waals surface area contributed by atoms with Crippen LogP contribution in [0, 0.1) is 0 Å². The maximum Gasteiger partial charge on any atom is 0.135 e. The van der Waals surface area contributed by atoms with Crippen molar-refractivity contribution in [2.24, 2.45) is 0 Å². The number of hydrogen-bond acceptors (Lipinski definition) is 2. The second-order valence-corrected chi connectivity index (χ2v) is 15.3. The van der Waals surface area contributed by atoms with Crippen molar-refractivity contribution in [2.75, 3.05) is 4.90 Å². The number of hydrogen-bond donors (Lipinski definition) is 0. The third kappa shape index (κ3) is 5.36. The summed E-state index contributed by atoms with van der Waals surface area (Å²) in [7, 11) is 0. The summed E-state index contributed by atoms with van der Waals surface area (Å²) in [6.07, 6.45) is 0. The van der Waals surface area contributed by atoms with Gasteiger partial charge in [0.1, 0.15) is 11.2 Å². The van der Waals surface area contributed by atoms with E-state index in [4.69, 9.17) is 4.42 Å². The first-order valence-electron chi connectivity index (χ1n) is 20.2. The summed E-state index contributed by atoms with van der Waals surface area (Å²) in [5.74, 6) is 0. The standard InChI is InChI=1S/C56H36N2O/c1-2-14-43-39(13-1)35-50(46-17-4-3-16-45(43)46)38-27-31-41(32-28-38)57(42-33-34-56-51(36-42)49-20-8-12-24-55(49)59-56)40-29-25-37(26-30-40)44-15-5-9-21-52(44)58-53-22-10-6-18-47(53)48-19-7-11-23-54(48)58/h1-36H. The molecule has 0 aliphatic heterocycles. The third-order valence-electron chi connectivity index (χ3n) is 12.0. The highest BCUT2D eigenvalue weighted by Crippen LogP contribution is 2.42. The zero-order chi connectivity index (χ0) is 38.9. The van der Waals surface area contributed by atoms with Crippen LogP contribution in [0.2, 0.25) is 0 Å². The van der Waals surface area contributed by atoms with Gasteiger partial charge in [-0.1, -0.05) is 146 Å². The normalized spacial score (nSPS) is 11.7. The average Bonchev–Trinajstić information content (AvgIpc) is 3.85. The Balaban J connectivity index is 0.994. The maximum atomic E-state index is 6.27. The number of rotatable bonds is 6. The zero-order valence-electron chi connectivity index (χ0n) is 32.1. The molecule has 12 aromatic rings. The van der Waals surface area contributed by atoms with E-state index in [1.807, 2.05) is 12.1 Å². The molecule has 2 aromatic heterocycles. The first-order chi connectivity index (χ1) is 29.3. The number of para-hydroxylation sites is 4. The molecule has 59 heavy (non-hydrogen) atoms. The molecular weight excluding hydrogens is 717 g/mol. The highest BCUT2D eigenvalue weighted by molar-refractivity contribution is 6.14. The van der Waals surface area contributed by atoms with Crippen molar-refractivity contribution in [3.05, 3.63) is 218 Å². The van der Waals surface area contributed by atoms with E-state index in [1.54, 1.807) is 0 Å². The lowest BCUT2D eigenvalue weighted by Gasteiger charge is -2.26. The van der Waals surface area contributed by atoms with Gasteiger partial charge in [-0.3, -0.25) is 0 Å². The van der Waals surface area contributed by atoms with Crippen LogP contribution in [0.15, 0.2) is 223 Å². The van der Waals surface area contributed by atoms with Crippen LogP contribution in [0.5, 0.6) is 0 Å². The molecule has 0 saturated heterocycles. The fourth-order valence-corrected chi connectivity index (χ4v) is 9.27. The van der Waals surface area contributed by atoms with Crippen molar-refractivity contribution in [3.8, 4) is 27.9 Å². The van der Waals surface area contributed by atoms with E-state index in [1.165, 1.54) is 60.0 Å². The van der Waals surface area contributed by atoms with Crippen LogP contribution in [0.3, 0.4) is 0 Å². The Morgan fingerprint density at radius 3 is 1.54 bits per heavy atom. The van der Waals surface area contributed by atoms with Gasteiger partial charge in [0.05, 0.1) is 16.7 Å². The summed E-state index contributed by atoms with van der Waals surface area (Å²) in [6, 6.07) is 78.8. The number of aromatic nitrogens is 1. The van der Waals surface area contributed by atoms with Gasteiger partial charge >= 0.3 is 0 Å². The van der Waals surface area contributed by atoms with E-state index in [2.05, 4.69) is 216 Å². The van der Waals surface area contributed by atoms with Crippen LogP contribution in [-0.4, -0.2) is 4.57 Å². The Kier molecular flexibility index (Phi) is 7.54. The number of nitrogens with zero attached hydrogens (tertiary/aromatic N) is 2. The number of furan rings is 1. The zero-order valence-corrected chi connectivity index (χ0v) is 32.1. The van der Waals surface area contributed by atoms with Gasteiger partial charge in [0.25, 0.3) is 0 Å². The number of benzene rings is 10. The molecular formula is C56H36N2O. The summed E-state index contributed by atoms with van der Waals surface area (Å²) in [5.41, 5.74) is 13.3. The minimum absolute atomic E-state index is 0.880. The molecule has 3 nitrogen and oxygen atoms in total. The second kappa shape index (κ2) is 13.4. The predicted octanol–water partition coefficient (Wildman–Crippen LogP) is 15.8. The molecule has 12 rings (SSSR count). The van der Waals surface area contributed by atoms with Crippen molar-refractivity contribution in [2.45, 2.75) is 0 Å².